The SMILES string of the molecule is Cc1cc(S(=O)(=O)N(C)C2CCCCC2)c(Br)cc1Br. The number of benzene rings is 1. The lowest BCUT2D eigenvalue weighted by molar-refractivity contribution is 0.285. The van der Waals surface area contributed by atoms with Crippen molar-refractivity contribution in [3.05, 3.63) is 26.6 Å². The van der Waals surface area contributed by atoms with E-state index in [1.807, 2.05) is 6.92 Å². The van der Waals surface area contributed by atoms with Gasteiger partial charge in [-0.2, -0.15) is 4.31 Å². The molecule has 112 valence electrons. The second kappa shape index (κ2) is 6.46. The minimum atomic E-state index is -3.44. The van der Waals surface area contributed by atoms with Gasteiger partial charge in [0.15, 0.2) is 0 Å². The molecule has 1 aromatic rings. The van der Waals surface area contributed by atoms with Crippen molar-refractivity contribution in [2.75, 3.05) is 7.05 Å². The summed E-state index contributed by atoms with van der Waals surface area (Å²) in [5, 5.41) is 0. The smallest absolute Gasteiger partial charge is 0.207 e. The van der Waals surface area contributed by atoms with Gasteiger partial charge in [0.25, 0.3) is 0 Å². The Hall–Kier alpha value is 0.0900. The Morgan fingerprint density at radius 3 is 2.30 bits per heavy atom. The fourth-order valence-electron chi connectivity index (χ4n) is 2.62. The van der Waals surface area contributed by atoms with E-state index in [4.69, 9.17) is 0 Å². The number of aryl methyl sites for hydroxylation is 1. The van der Waals surface area contributed by atoms with Gasteiger partial charge in [0.1, 0.15) is 0 Å². The summed E-state index contributed by atoms with van der Waals surface area (Å²) in [7, 11) is -1.74. The van der Waals surface area contributed by atoms with E-state index in [0.717, 1.165) is 35.7 Å². The van der Waals surface area contributed by atoms with Gasteiger partial charge in [-0.15, -0.1) is 0 Å². The van der Waals surface area contributed by atoms with Crippen LogP contribution in [-0.2, 0) is 10.0 Å². The highest BCUT2D eigenvalue weighted by Crippen LogP contribution is 2.33. The van der Waals surface area contributed by atoms with Crippen LogP contribution in [0, 0.1) is 6.92 Å². The zero-order chi connectivity index (χ0) is 14.9. The molecule has 1 fully saturated rings. The summed E-state index contributed by atoms with van der Waals surface area (Å²) >= 11 is 6.80. The van der Waals surface area contributed by atoms with E-state index in [2.05, 4.69) is 31.9 Å². The van der Waals surface area contributed by atoms with Crippen molar-refractivity contribution in [2.24, 2.45) is 0 Å². The van der Waals surface area contributed by atoms with Crippen LogP contribution in [0.1, 0.15) is 37.7 Å². The molecule has 1 saturated carbocycles. The third-order valence-corrected chi connectivity index (χ3v) is 7.68. The van der Waals surface area contributed by atoms with Crippen LogP contribution >= 0.6 is 31.9 Å². The first-order chi connectivity index (χ1) is 9.34. The molecule has 0 bridgehead atoms. The Labute approximate surface area is 138 Å². The number of sulfonamides is 1. The number of hydrogen-bond acceptors (Lipinski definition) is 2. The van der Waals surface area contributed by atoms with Crippen LogP contribution in [0.25, 0.3) is 0 Å². The average molecular weight is 425 g/mol. The second-order valence-electron chi connectivity index (χ2n) is 5.34. The van der Waals surface area contributed by atoms with Gasteiger partial charge in [-0.25, -0.2) is 8.42 Å². The van der Waals surface area contributed by atoms with Crippen molar-refractivity contribution in [2.45, 2.75) is 50.0 Å². The number of hydrogen-bond donors (Lipinski definition) is 0. The Morgan fingerprint density at radius 2 is 1.70 bits per heavy atom. The molecule has 0 aromatic heterocycles. The normalized spacial score (nSPS) is 17.6. The highest BCUT2D eigenvalue weighted by Gasteiger charge is 2.30. The van der Waals surface area contributed by atoms with Gasteiger partial charge in [-0.05, 0) is 53.4 Å². The van der Waals surface area contributed by atoms with Crippen molar-refractivity contribution in [1.29, 1.82) is 0 Å². The lowest BCUT2D eigenvalue weighted by Gasteiger charge is -2.30. The third-order valence-electron chi connectivity index (χ3n) is 3.96. The van der Waals surface area contributed by atoms with E-state index in [0.29, 0.717) is 9.37 Å². The predicted molar refractivity (Wildman–Crippen MR) is 88.4 cm³/mol. The Morgan fingerprint density at radius 1 is 1.10 bits per heavy atom. The second-order valence-corrected chi connectivity index (χ2v) is 9.02. The van der Waals surface area contributed by atoms with Gasteiger partial charge in [-0.3, -0.25) is 0 Å². The fraction of sp³-hybridized carbons (Fsp3) is 0.571. The van der Waals surface area contributed by atoms with E-state index < -0.39 is 10.0 Å². The van der Waals surface area contributed by atoms with Crippen molar-refractivity contribution in [3.63, 3.8) is 0 Å². The molecule has 0 heterocycles. The van der Waals surface area contributed by atoms with Crippen molar-refractivity contribution < 1.29 is 8.42 Å². The van der Waals surface area contributed by atoms with Gasteiger partial charge in [0.05, 0.1) is 4.90 Å². The molecule has 2 rings (SSSR count). The van der Waals surface area contributed by atoms with Gasteiger partial charge in [0, 0.05) is 22.0 Å². The molecule has 6 heteroatoms. The zero-order valence-corrected chi connectivity index (χ0v) is 15.7. The Bertz CT molecular complexity index is 595. The minimum Gasteiger partial charge on any atom is -0.207 e. The molecule has 0 aliphatic heterocycles. The standard InChI is InChI=1S/C14H19Br2NO2S/c1-10-8-14(13(16)9-12(10)15)20(18,19)17(2)11-6-4-3-5-7-11/h8-9,11H,3-7H2,1-2H3. The van der Waals surface area contributed by atoms with Crippen molar-refractivity contribution in [3.8, 4) is 0 Å². The molecule has 0 amide bonds. The predicted octanol–water partition coefficient (Wildman–Crippen LogP) is 4.47. The number of rotatable bonds is 3. The van der Waals surface area contributed by atoms with Gasteiger partial charge in [-0.1, -0.05) is 35.2 Å². The Kier molecular flexibility index (Phi) is 5.32. The summed E-state index contributed by atoms with van der Waals surface area (Å²) < 4.78 is 28.7. The summed E-state index contributed by atoms with van der Waals surface area (Å²) in [5.74, 6) is 0. The molecule has 0 unspecified atom stereocenters. The molecular formula is C14H19Br2NO2S. The Balaban J connectivity index is 2.36. The first-order valence-corrected chi connectivity index (χ1v) is 9.80. The largest absolute Gasteiger partial charge is 0.244 e. The maximum atomic E-state index is 12.8. The van der Waals surface area contributed by atoms with Crippen molar-refractivity contribution >= 4 is 41.9 Å². The first kappa shape index (κ1) is 16.5. The molecular weight excluding hydrogens is 406 g/mol. The molecule has 3 nitrogen and oxygen atoms in total. The topological polar surface area (TPSA) is 37.4 Å². The van der Waals surface area contributed by atoms with Crippen LogP contribution in [0.5, 0.6) is 0 Å². The summed E-state index contributed by atoms with van der Waals surface area (Å²) in [5.41, 5.74) is 0.920. The van der Waals surface area contributed by atoms with Crippen LogP contribution in [0.15, 0.2) is 26.0 Å². The van der Waals surface area contributed by atoms with E-state index in [9.17, 15) is 8.42 Å². The highest BCUT2D eigenvalue weighted by atomic mass is 79.9. The van der Waals surface area contributed by atoms with E-state index in [1.54, 1.807) is 23.5 Å². The van der Waals surface area contributed by atoms with Gasteiger partial charge < -0.3 is 0 Å². The number of nitrogens with zero attached hydrogens (tertiary/aromatic N) is 1. The van der Waals surface area contributed by atoms with Crippen LogP contribution in [0.3, 0.4) is 0 Å². The van der Waals surface area contributed by atoms with Crippen LogP contribution in [-0.4, -0.2) is 25.8 Å². The van der Waals surface area contributed by atoms with Crippen LogP contribution < -0.4 is 0 Å². The summed E-state index contributed by atoms with van der Waals surface area (Å²) in [4.78, 5) is 0.353. The lowest BCUT2D eigenvalue weighted by Crippen LogP contribution is -2.38. The number of halogens is 2. The zero-order valence-electron chi connectivity index (χ0n) is 11.7. The molecule has 1 aliphatic carbocycles. The fourth-order valence-corrected chi connectivity index (χ4v) is 5.78. The maximum Gasteiger partial charge on any atom is 0.244 e. The van der Waals surface area contributed by atoms with E-state index in [1.165, 1.54) is 6.42 Å². The summed E-state index contributed by atoms with van der Waals surface area (Å²) in [6.07, 6.45) is 5.37. The minimum absolute atomic E-state index is 0.129. The molecule has 1 aromatic carbocycles. The molecule has 1 aliphatic rings. The van der Waals surface area contributed by atoms with Crippen molar-refractivity contribution in [1.82, 2.24) is 4.31 Å². The molecule has 20 heavy (non-hydrogen) atoms. The quantitative estimate of drug-likeness (QED) is 0.717. The van der Waals surface area contributed by atoms with E-state index in [-0.39, 0.29) is 6.04 Å². The summed E-state index contributed by atoms with van der Waals surface area (Å²) in [6, 6.07) is 3.66. The van der Waals surface area contributed by atoms with Gasteiger partial charge >= 0.3 is 0 Å². The molecule has 0 N–H and O–H groups in total. The molecule has 0 radical (unpaired) electrons. The lowest BCUT2D eigenvalue weighted by atomic mass is 9.96. The average Bonchev–Trinajstić information content (AvgIpc) is 2.42. The highest BCUT2D eigenvalue weighted by molar-refractivity contribution is 9.11. The third kappa shape index (κ3) is 3.29. The summed E-state index contributed by atoms with van der Waals surface area (Å²) in [6.45, 7) is 1.90. The molecule has 0 spiro atoms. The molecule has 0 atom stereocenters. The maximum absolute atomic E-state index is 12.8. The van der Waals surface area contributed by atoms with Crippen LogP contribution in [0.4, 0.5) is 0 Å². The first-order valence-electron chi connectivity index (χ1n) is 6.77. The van der Waals surface area contributed by atoms with Gasteiger partial charge in [0.2, 0.25) is 10.0 Å². The van der Waals surface area contributed by atoms with E-state index >= 15 is 0 Å². The van der Waals surface area contributed by atoms with Crippen LogP contribution in [0.2, 0.25) is 0 Å². The molecule has 0 saturated heterocycles. The monoisotopic (exact) mass is 423 g/mol.